The van der Waals surface area contributed by atoms with Gasteiger partial charge in [0.1, 0.15) is 0 Å². The van der Waals surface area contributed by atoms with Crippen LogP contribution in [-0.4, -0.2) is 57.1 Å². The third-order valence-corrected chi connectivity index (χ3v) is 3.64. The van der Waals surface area contributed by atoms with E-state index in [0.29, 0.717) is 24.7 Å². The van der Waals surface area contributed by atoms with Crippen LogP contribution in [0.5, 0.6) is 11.5 Å². The fraction of sp³-hybridized carbons (Fsp3) is 0.556. The summed E-state index contributed by atoms with van der Waals surface area (Å²) in [4.78, 5) is 2.18. The molecule has 1 N–H and O–H groups in total. The Balaban J connectivity index is 2.73. The smallest absolute Gasteiger partial charge is 0.161 e. The largest absolute Gasteiger partial charge is 0.493 e. The van der Waals surface area contributed by atoms with Crippen molar-refractivity contribution in [1.29, 1.82) is 0 Å². The van der Waals surface area contributed by atoms with Gasteiger partial charge >= 0.3 is 0 Å². The summed E-state index contributed by atoms with van der Waals surface area (Å²) in [6.07, 6.45) is 3.00. The van der Waals surface area contributed by atoms with Gasteiger partial charge in [-0.05, 0) is 30.5 Å². The van der Waals surface area contributed by atoms with Crippen LogP contribution in [0.2, 0.25) is 0 Å². The van der Waals surface area contributed by atoms with Crippen LogP contribution in [0.3, 0.4) is 0 Å². The fourth-order valence-electron chi connectivity index (χ4n) is 2.39. The Labute approximate surface area is 139 Å². The van der Waals surface area contributed by atoms with Gasteiger partial charge < -0.3 is 19.3 Å². The van der Waals surface area contributed by atoms with Crippen LogP contribution in [-0.2, 0) is 11.3 Å². The van der Waals surface area contributed by atoms with E-state index in [1.165, 1.54) is 0 Å². The second-order valence-electron chi connectivity index (χ2n) is 5.44. The maximum Gasteiger partial charge on any atom is 0.161 e. The number of allylic oxidation sites excluding steroid dienone is 1. The van der Waals surface area contributed by atoms with Crippen molar-refractivity contribution in [2.45, 2.75) is 25.5 Å². The van der Waals surface area contributed by atoms with E-state index in [9.17, 15) is 5.11 Å². The van der Waals surface area contributed by atoms with Gasteiger partial charge in [0.05, 0.1) is 26.9 Å². The van der Waals surface area contributed by atoms with E-state index in [-0.39, 0.29) is 6.10 Å². The van der Waals surface area contributed by atoms with E-state index < -0.39 is 0 Å². The molecule has 5 nitrogen and oxygen atoms in total. The van der Waals surface area contributed by atoms with Crippen molar-refractivity contribution in [2.75, 3.05) is 41.0 Å². The number of ether oxygens (including phenoxy) is 3. The molecule has 0 radical (unpaired) electrons. The molecule has 0 aliphatic rings. The van der Waals surface area contributed by atoms with E-state index in [0.717, 1.165) is 31.5 Å². The Kier molecular flexibility index (Phi) is 9.36. The van der Waals surface area contributed by atoms with E-state index in [1.807, 2.05) is 24.3 Å². The summed E-state index contributed by atoms with van der Waals surface area (Å²) in [7, 11) is 4.93. The minimum atomic E-state index is -0.370. The van der Waals surface area contributed by atoms with E-state index in [2.05, 4.69) is 11.5 Å². The van der Waals surface area contributed by atoms with Gasteiger partial charge in [-0.15, -0.1) is 6.58 Å². The molecular weight excluding hydrogens is 294 g/mol. The summed E-state index contributed by atoms with van der Waals surface area (Å²) in [5, 5.41) is 10.1. The van der Waals surface area contributed by atoms with Gasteiger partial charge in [-0.3, -0.25) is 4.90 Å². The zero-order chi connectivity index (χ0) is 17.1. The second kappa shape index (κ2) is 11.0. The summed E-state index contributed by atoms with van der Waals surface area (Å²) >= 11 is 0. The Bertz CT molecular complexity index is 464. The molecule has 0 aliphatic carbocycles. The van der Waals surface area contributed by atoms with E-state index in [1.54, 1.807) is 21.3 Å². The fourth-order valence-corrected chi connectivity index (χ4v) is 2.39. The first-order valence-electron chi connectivity index (χ1n) is 7.85. The normalized spacial score (nSPS) is 12.2. The van der Waals surface area contributed by atoms with Gasteiger partial charge in [-0.25, -0.2) is 0 Å². The SMILES string of the molecule is C=CCCC(O)CN(CCOC)Cc1ccc(OC)c(OC)c1. The average Bonchev–Trinajstić information content (AvgIpc) is 2.57. The first kappa shape index (κ1) is 19.5. The van der Waals surface area contributed by atoms with Gasteiger partial charge in [0.15, 0.2) is 11.5 Å². The Morgan fingerprint density at radius 2 is 1.96 bits per heavy atom. The lowest BCUT2D eigenvalue weighted by Crippen LogP contribution is -2.34. The van der Waals surface area contributed by atoms with Gasteiger partial charge in [0, 0.05) is 26.7 Å². The number of hydrogen-bond acceptors (Lipinski definition) is 5. The summed E-state index contributed by atoms with van der Waals surface area (Å²) in [6.45, 7) is 6.40. The molecule has 1 unspecified atom stereocenters. The molecule has 0 amide bonds. The number of methoxy groups -OCH3 is 3. The van der Waals surface area contributed by atoms with Crippen molar-refractivity contribution in [3.8, 4) is 11.5 Å². The number of aliphatic hydroxyl groups excluding tert-OH is 1. The highest BCUT2D eigenvalue weighted by Gasteiger charge is 2.13. The molecular formula is C18H29NO4. The highest BCUT2D eigenvalue weighted by Crippen LogP contribution is 2.28. The molecule has 0 fully saturated rings. The molecule has 0 aromatic heterocycles. The Morgan fingerprint density at radius 3 is 2.57 bits per heavy atom. The van der Waals surface area contributed by atoms with Gasteiger partial charge in [0.25, 0.3) is 0 Å². The molecule has 1 atom stereocenters. The van der Waals surface area contributed by atoms with Crippen molar-refractivity contribution in [3.63, 3.8) is 0 Å². The van der Waals surface area contributed by atoms with Crippen LogP contribution in [0.1, 0.15) is 18.4 Å². The molecule has 23 heavy (non-hydrogen) atoms. The van der Waals surface area contributed by atoms with Gasteiger partial charge in [-0.1, -0.05) is 12.1 Å². The summed E-state index contributed by atoms with van der Waals surface area (Å²) in [5.74, 6) is 1.43. The van der Waals surface area contributed by atoms with Crippen molar-refractivity contribution in [1.82, 2.24) is 4.90 Å². The summed E-state index contributed by atoms with van der Waals surface area (Å²) in [5.41, 5.74) is 1.11. The van der Waals surface area contributed by atoms with Crippen molar-refractivity contribution < 1.29 is 19.3 Å². The van der Waals surface area contributed by atoms with Gasteiger partial charge in [-0.2, -0.15) is 0 Å². The minimum absolute atomic E-state index is 0.370. The molecule has 0 saturated carbocycles. The molecule has 5 heteroatoms. The molecule has 130 valence electrons. The maximum atomic E-state index is 10.1. The highest BCUT2D eigenvalue weighted by molar-refractivity contribution is 5.42. The summed E-state index contributed by atoms with van der Waals surface area (Å²) < 4.78 is 15.8. The standard InChI is InChI=1S/C18H29NO4/c1-5-6-7-16(20)14-19(10-11-21-2)13-15-8-9-17(22-3)18(12-15)23-4/h5,8-9,12,16,20H,1,6-7,10-11,13-14H2,2-4H3. The molecule has 0 aliphatic heterocycles. The van der Waals surface area contributed by atoms with Crippen LogP contribution in [0.25, 0.3) is 0 Å². The lowest BCUT2D eigenvalue weighted by atomic mass is 10.1. The minimum Gasteiger partial charge on any atom is -0.493 e. The lowest BCUT2D eigenvalue weighted by molar-refractivity contribution is 0.0809. The quantitative estimate of drug-likeness (QED) is 0.599. The first-order valence-corrected chi connectivity index (χ1v) is 7.85. The van der Waals surface area contributed by atoms with Crippen LogP contribution >= 0.6 is 0 Å². The van der Waals surface area contributed by atoms with Crippen molar-refractivity contribution >= 4 is 0 Å². The van der Waals surface area contributed by atoms with E-state index in [4.69, 9.17) is 14.2 Å². The number of aliphatic hydroxyl groups is 1. The number of benzene rings is 1. The number of hydrogen-bond donors (Lipinski definition) is 1. The second-order valence-corrected chi connectivity index (χ2v) is 5.44. The predicted molar refractivity (Wildman–Crippen MR) is 92.1 cm³/mol. The highest BCUT2D eigenvalue weighted by atomic mass is 16.5. The molecule has 1 aromatic rings. The van der Waals surface area contributed by atoms with Crippen LogP contribution in [0, 0.1) is 0 Å². The van der Waals surface area contributed by atoms with Crippen LogP contribution in [0.15, 0.2) is 30.9 Å². The average molecular weight is 323 g/mol. The molecule has 0 heterocycles. The van der Waals surface area contributed by atoms with Crippen molar-refractivity contribution in [2.24, 2.45) is 0 Å². The first-order chi connectivity index (χ1) is 11.1. The monoisotopic (exact) mass is 323 g/mol. The van der Waals surface area contributed by atoms with Gasteiger partial charge in [0.2, 0.25) is 0 Å². The zero-order valence-corrected chi connectivity index (χ0v) is 14.5. The molecule has 1 aromatic carbocycles. The predicted octanol–water partition coefficient (Wildman–Crippen LogP) is 2.48. The third kappa shape index (κ3) is 7.03. The molecule has 1 rings (SSSR count). The Hall–Kier alpha value is -1.56. The maximum absolute atomic E-state index is 10.1. The van der Waals surface area contributed by atoms with E-state index >= 15 is 0 Å². The van der Waals surface area contributed by atoms with Crippen LogP contribution < -0.4 is 9.47 Å². The van der Waals surface area contributed by atoms with Crippen molar-refractivity contribution in [3.05, 3.63) is 36.4 Å². The lowest BCUT2D eigenvalue weighted by Gasteiger charge is -2.25. The third-order valence-electron chi connectivity index (χ3n) is 3.64. The number of nitrogens with zero attached hydrogens (tertiary/aromatic N) is 1. The zero-order valence-electron chi connectivity index (χ0n) is 14.5. The van der Waals surface area contributed by atoms with Crippen LogP contribution in [0.4, 0.5) is 0 Å². The summed E-state index contributed by atoms with van der Waals surface area (Å²) in [6, 6.07) is 5.88. The molecule has 0 spiro atoms. The topological polar surface area (TPSA) is 51.2 Å². The number of rotatable bonds is 12. The molecule has 0 saturated heterocycles. The molecule has 0 bridgehead atoms. The Morgan fingerprint density at radius 1 is 1.22 bits per heavy atom.